The van der Waals surface area contributed by atoms with Crippen molar-refractivity contribution in [2.24, 2.45) is 0 Å². The Kier molecular flexibility index (Phi) is 3.94. The molecule has 7 heteroatoms. The lowest BCUT2D eigenvalue weighted by Gasteiger charge is -2.22. The number of aryl methyl sites for hydroxylation is 1. The van der Waals surface area contributed by atoms with Crippen molar-refractivity contribution in [3.63, 3.8) is 0 Å². The van der Waals surface area contributed by atoms with E-state index in [1.165, 1.54) is 15.6 Å². The van der Waals surface area contributed by atoms with E-state index in [1.54, 1.807) is 13.1 Å². The van der Waals surface area contributed by atoms with Crippen LogP contribution in [-0.2, 0) is 14.8 Å². The van der Waals surface area contributed by atoms with E-state index in [-0.39, 0.29) is 6.04 Å². The zero-order chi connectivity index (χ0) is 12.6. The molecule has 2 rings (SSSR count). The minimum absolute atomic E-state index is 0.0434. The van der Waals surface area contributed by atoms with E-state index in [2.05, 4.69) is 15.9 Å². The molecule has 1 aliphatic rings. The standard InChI is InChI=1S/C10H14BrNO3S2/c1-7-9(5-10(11)16-7)17(13,14)12(2)8-3-4-15-6-8/h5,8H,3-4,6H2,1-2H3. The van der Waals surface area contributed by atoms with Gasteiger partial charge in [0, 0.05) is 18.5 Å². The molecule has 1 saturated heterocycles. The third-order valence-electron chi connectivity index (χ3n) is 2.92. The summed E-state index contributed by atoms with van der Waals surface area (Å²) in [5.41, 5.74) is 0. The second-order valence-corrected chi connectivity index (χ2v) is 8.61. The van der Waals surface area contributed by atoms with Crippen LogP contribution in [0.2, 0.25) is 0 Å². The molecule has 17 heavy (non-hydrogen) atoms. The molecule has 0 spiro atoms. The fraction of sp³-hybridized carbons (Fsp3) is 0.600. The number of halogens is 1. The van der Waals surface area contributed by atoms with Gasteiger partial charge in [-0.15, -0.1) is 11.3 Å². The molecule has 0 aromatic carbocycles. The first-order chi connectivity index (χ1) is 7.93. The van der Waals surface area contributed by atoms with Crippen LogP contribution in [0.3, 0.4) is 0 Å². The molecule has 1 aromatic heterocycles. The average Bonchev–Trinajstić information content (AvgIpc) is 2.86. The molecule has 1 aromatic rings. The maximum absolute atomic E-state index is 12.4. The molecule has 0 radical (unpaired) electrons. The Bertz CT molecular complexity index is 506. The van der Waals surface area contributed by atoms with Crippen LogP contribution in [0, 0.1) is 6.92 Å². The molecule has 0 aliphatic carbocycles. The summed E-state index contributed by atoms with van der Waals surface area (Å²) in [7, 11) is -1.77. The van der Waals surface area contributed by atoms with Crippen molar-refractivity contribution in [2.45, 2.75) is 24.3 Å². The number of thiophene rings is 1. The molecule has 0 bridgehead atoms. The lowest BCUT2D eigenvalue weighted by molar-refractivity contribution is 0.181. The van der Waals surface area contributed by atoms with Gasteiger partial charge in [-0.25, -0.2) is 8.42 Å². The Balaban J connectivity index is 2.32. The van der Waals surface area contributed by atoms with Gasteiger partial charge in [0.1, 0.15) is 0 Å². The van der Waals surface area contributed by atoms with E-state index < -0.39 is 10.0 Å². The van der Waals surface area contributed by atoms with Crippen LogP contribution in [0.5, 0.6) is 0 Å². The lowest BCUT2D eigenvalue weighted by Crippen LogP contribution is -2.37. The lowest BCUT2D eigenvalue weighted by atomic mass is 10.3. The van der Waals surface area contributed by atoms with E-state index >= 15 is 0 Å². The van der Waals surface area contributed by atoms with Gasteiger partial charge in [-0.2, -0.15) is 4.31 Å². The molecule has 1 atom stereocenters. The zero-order valence-electron chi connectivity index (χ0n) is 9.64. The highest BCUT2D eigenvalue weighted by molar-refractivity contribution is 9.11. The Morgan fingerprint density at radius 1 is 1.59 bits per heavy atom. The predicted octanol–water partition coefficient (Wildman–Crippen LogP) is 2.23. The van der Waals surface area contributed by atoms with Crippen LogP contribution in [0.25, 0.3) is 0 Å². The van der Waals surface area contributed by atoms with Crippen LogP contribution in [0.4, 0.5) is 0 Å². The minimum Gasteiger partial charge on any atom is -0.380 e. The number of nitrogens with zero attached hydrogens (tertiary/aromatic N) is 1. The molecule has 1 aliphatic heterocycles. The molecular formula is C10H14BrNO3S2. The third-order valence-corrected chi connectivity index (χ3v) is 6.64. The van der Waals surface area contributed by atoms with Gasteiger partial charge in [0.15, 0.2) is 0 Å². The van der Waals surface area contributed by atoms with Crippen molar-refractivity contribution in [3.8, 4) is 0 Å². The van der Waals surface area contributed by atoms with Gasteiger partial charge in [-0.1, -0.05) is 0 Å². The monoisotopic (exact) mass is 339 g/mol. The van der Waals surface area contributed by atoms with E-state index in [0.717, 1.165) is 15.1 Å². The summed E-state index contributed by atoms with van der Waals surface area (Å²) in [6.45, 7) is 2.94. The molecule has 2 heterocycles. The average molecular weight is 340 g/mol. The summed E-state index contributed by atoms with van der Waals surface area (Å²) < 4.78 is 32.3. The number of sulfonamides is 1. The van der Waals surface area contributed by atoms with Gasteiger partial charge in [-0.3, -0.25) is 0 Å². The topological polar surface area (TPSA) is 46.6 Å². The number of rotatable bonds is 3. The summed E-state index contributed by atoms with van der Waals surface area (Å²) in [4.78, 5) is 1.20. The quantitative estimate of drug-likeness (QED) is 0.848. The first kappa shape index (κ1) is 13.5. The summed E-state index contributed by atoms with van der Waals surface area (Å²) in [6, 6.07) is 1.62. The molecule has 0 N–H and O–H groups in total. The van der Waals surface area contributed by atoms with Crippen LogP contribution in [0.1, 0.15) is 11.3 Å². The second kappa shape index (κ2) is 4.97. The van der Waals surface area contributed by atoms with Gasteiger partial charge in [-0.05, 0) is 35.3 Å². The van der Waals surface area contributed by atoms with E-state index in [9.17, 15) is 8.42 Å². The smallest absolute Gasteiger partial charge is 0.244 e. The van der Waals surface area contributed by atoms with Gasteiger partial charge < -0.3 is 4.74 Å². The largest absolute Gasteiger partial charge is 0.380 e. The minimum atomic E-state index is -3.40. The highest BCUT2D eigenvalue weighted by Gasteiger charge is 2.32. The van der Waals surface area contributed by atoms with Gasteiger partial charge in [0.05, 0.1) is 21.3 Å². The Morgan fingerprint density at radius 2 is 2.29 bits per heavy atom. The van der Waals surface area contributed by atoms with Crippen LogP contribution in [0.15, 0.2) is 14.7 Å². The van der Waals surface area contributed by atoms with E-state index in [1.807, 2.05) is 6.92 Å². The van der Waals surface area contributed by atoms with E-state index in [4.69, 9.17) is 4.74 Å². The van der Waals surface area contributed by atoms with Crippen LogP contribution >= 0.6 is 27.3 Å². The summed E-state index contributed by atoms with van der Waals surface area (Å²) >= 11 is 4.75. The van der Waals surface area contributed by atoms with E-state index in [0.29, 0.717) is 18.1 Å². The fourth-order valence-corrected chi connectivity index (χ4v) is 5.60. The SMILES string of the molecule is Cc1sc(Br)cc1S(=O)(=O)N(C)C1CCOC1. The summed E-state index contributed by atoms with van der Waals surface area (Å²) in [5, 5.41) is 0. The number of hydrogen-bond acceptors (Lipinski definition) is 4. The Morgan fingerprint density at radius 3 is 2.76 bits per heavy atom. The normalized spacial score (nSPS) is 21.3. The molecule has 4 nitrogen and oxygen atoms in total. The molecular weight excluding hydrogens is 326 g/mol. The third kappa shape index (κ3) is 2.58. The van der Waals surface area contributed by atoms with Crippen molar-refractivity contribution in [2.75, 3.05) is 20.3 Å². The first-order valence-electron chi connectivity index (χ1n) is 5.24. The van der Waals surface area contributed by atoms with Crippen LogP contribution in [-0.4, -0.2) is 39.0 Å². The number of ether oxygens (including phenoxy) is 1. The second-order valence-electron chi connectivity index (χ2n) is 4.01. The van der Waals surface area contributed by atoms with Gasteiger partial charge >= 0.3 is 0 Å². The maximum atomic E-state index is 12.4. The Labute approximate surface area is 114 Å². The molecule has 0 amide bonds. The molecule has 0 saturated carbocycles. The summed E-state index contributed by atoms with van der Waals surface area (Å²) in [5.74, 6) is 0. The van der Waals surface area contributed by atoms with Crippen molar-refractivity contribution >= 4 is 37.3 Å². The number of likely N-dealkylation sites (N-methyl/N-ethyl adjacent to an activating group) is 1. The van der Waals surface area contributed by atoms with Crippen molar-refractivity contribution in [1.82, 2.24) is 4.31 Å². The highest BCUT2D eigenvalue weighted by Crippen LogP contribution is 2.32. The van der Waals surface area contributed by atoms with Crippen molar-refractivity contribution in [1.29, 1.82) is 0 Å². The van der Waals surface area contributed by atoms with Gasteiger partial charge in [0.2, 0.25) is 10.0 Å². The van der Waals surface area contributed by atoms with Crippen molar-refractivity contribution in [3.05, 3.63) is 14.7 Å². The molecule has 1 unspecified atom stereocenters. The van der Waals surface area contributed by atoms with Crippen LogP contribution < -0.4 is 0 Å². The summed E-state index contributed by atoms with van der Waals surface area (Å²) in [6.07, 6.45) is 0.764. The maximum Gasteiger partial charge on any atom is 0.244 e. The van der Waals surface area contributed by atoms with Gasteiger partial charge in [0.25, 0.3) is 0 Å². The fourth-order valence-electron chi connectivity index (χ4n) is 1.85. The highest BCUT2D eigenvalue weighted by atomic mass is 79.9. The first-order valence-corrected chi connectivity index (χ1v) is 8.29. The Hall–Kier alpha value is 0.0500. The molecule has 96 valence electrons. The number of hydrogen-bond donors (Lipinski definition) is 0. The van der Waals surface area contributed by atoms with Crippen molar-refractivity contribution < 1.29 is 13.2 Å². The zero-order valence-corrected chi connectivity index (χ0v) is 12.9. The predicted molar refractivity (Wildman–Crippen MR) is 70.9 cm³/mol. The molecule has 1 fully saturated rings.